The van der Waals surface area contributed by atoms with Crippen molar-refractivity contribution in [3.8, 4) is 0 Å². The molecule has 2 heterocycles. The molecule has 0 saturated carbocycles. The highest BCUT2D eigenvalue weighted by molar-refractivity contribution is 8.14. The van der Waals surface area contributed by atoms with Gasteiger partial charge in [0.2, 0.25) is 0 Å². The third kappa shape index (κ3) is 3.12. The van der Waals surface area contributed by atoms with E-state index in [2.05, 4.69) is 36.5 Å². The average Bonchev–Trinajstić information content (AvgIpc) is 2.80. The van der Waals surface area contributed by atoms with E-state index in [9.17, 15) is 0 Å². The quantitative estimate of drug-likeness (QED) is 0.902. The van der Waals surface area contributed by atoms with Crippen LogP contribution in [0, 0.1) is 6.92 Å². The van der Waals surface area contributed by atoms with E-state index >= 15 is 0 Å². The van der Waals surface area contributed by atoms with Crippen molar-refractivity contribution in [1.82, 2.24) is 5.32 Å². The minimum absolute atomic E-state index is 0.244. The summed E-state index contributed by atoms with van der Waals surface area (Å²) >= 11 is 1.85. The van der Waals surface area contributed by atoms with Gasteiger partial charge in [0, 0.05) is 19.0 Å². The molecule has 2 aliphatic heterocycles. The molecule has 0 aromatic heterocycles. The fourth-order valence-electron chi connectivity index (χ4n) is 2.60. The molecule has 1 spiro atoms. The summed E-state index contributed by atoms with van der Waals surface area (Å²) in [6.07, 6.45) is 2.20. The lowest BCUT2D eigenvalue weighted by Crippen LogP contribution is -2.48. The largest absolute Gasteiger partial charge is 0.381 e. The van der Waals surface area contributed by atoms with Crippen LogP contribution < -0.4 is 5.32 Å². The summed E-state index contributed by atoms with van der Waals surface area (Å²) in [5.74, 6) is 1.13. The van der Waals surface area contributed by atoms with E-state index in [0.717, 1.165) is 43.5 Å². The molecule has 19 heavy (non-hydrogen) atoms. The van der Waals surface area contributed by atoms with E-state index in [1.807, 2.05) is 11.8 Å². The molecule has 0 radical (unpaired) electrons. The van der Waals surface area contributed by atoms with Crippen molar-refractivity contribution in [2.75, 3.05) is 19.0 Å². The van der Waals surface area contributed by atoms with Gasteiger partial charge in [-0.15, -0.1) is 0 Å². The first-order valence-corrected chi connectivity index (χ1v) is 7.83. The number of amidine groups is 1. The van der Waals surface area contributed by atoms with Crippen molar-refractivity contribution in [3.63, 3.8) is 0 Å². The summed E-state index contributed by atoms with van der Waals surface area (Å²) in [5.41, 5.74) is 2.82. The summed E-state index contributed by atoms with van der Waals surface area (Å²) in [4.78, 5) is 4.71. The predicted octanol–water partition coefficient (Wildman–Crippen LogP) is 2.74. The molecule has 0 atom stereocenters. The molecule has 2 saturated heterocycles. The van der Waals surface area contributed by atoms with Crippen LogP contribution in [0.3, 0.4) is 0 Å². The molecule has 0 bridgehead atoms. The van der Waals surface area contributed by atoms with Crippen molar-refractivity contribution < 1.29 is 4.74 Å². The molecule has 0 amide bonds. The number of nitrogens with zero attached hydrogens (tertiary/aromatic N) is 1. The van der Waals surface area contributed by atoms with E-state index in [-0.39, 0.29) is 5.54 Å². The Hall–Kier alpha value is -1.00. The minimum atomic E-state index is 0.244. The van der Waals surface area contributed by atoms with Gasteiger partial charge in [0.1, 0.15) is 0 Å². The first-order valence-electron chi connectivity index (χ1n) is 6.85. The summed E-state index contributed by atoms with van der Waals surface area (Å²) in [6.45, 7) is 4.64. The second-order valence-corrected chi connectivity index (χ2v) is 6.38. The van der Waals surface area contributed by atoms with Crippen LogP contribution in [0.25, 0.3) is 0 Å². The lowest BCUT2D eigenvalue weighted by atomic mass is 9.93. The van der Waals surface area contributed by atoms with Gasteiger partial charge in [-0.1, -0.05) is 41.6 Å². The summed E-state index contributed by atoms with van der Waals surface area (Å²) in [6, 6.07) is 8.56. The third-order valence-electron chi connectivity index (χ3n) is 3.79. The van der Waals surface area contributed by atoms with Gasteiger partial charge in [0.15, 0.2) is 5.17 Å². The maximum atomic E-state index is 5.44. The van der Waals surface area contributed by atoms with Gasteiger partial charge in [0.05, 0.1) is 12.1 Å². The van der Waals surface area contributed by atoms with Crippen molar-refractivity contribution in [2.45, 2.75) is 31.8 Å². The Morgan fingerprint density at radius 2 is 2.21 bits per heavy atom. The fourth-order valence-corrected chi connectivity index (χ4v) is 3.81. The van der Waals surface area contributed by atoms with Crippen LogP contribution >= 0.6 is 11.8 Å². The lowest BCUT2D eigenvalue weighted by Gasteiger charge is -2.32. The van der Waals surface area contributed by atoms with Crippen molar-refractivity contribution in [3.05, 3.63) is 35.4 Å². The normalized spacial score (nSPS) is 23.7. The average molecular weight is 276 g/mol. The van der Waals surface area contributed by atoms with Crippen molar-refractivity contribution in [2.24, 2.45) is 4.99 Å². The van der Waals surface area contributed by atoms with Crippen LogP contribution in [0.5, 0.6) is 0 Å². The highest BCUT2D eigenvalue weighted by Crippen LogP contribution is 2.31. The van der Waals surface area contributed by atoms with Crippen LogP contribution in [0.2, 0.25) is 0 Å². The highest BCUT2D eigenvalue weighted by atomic mass is 32.2. The Balaban J connectivity index is 1.62. The maximum absolute atomic E-state index is 5.44. The van der Waals surface area contributed by atoms with Crippen LogP contribution in [-0.4, -0.2) is 29.7 Å². The molecule has 3 rings (SSSR count). The molecular weight excluding hydrogens is 256 g/mol. The van der Waals surface area contributed by atoms with Gasteiger partial charge < -0.3 is 10.1 Å². The number of hydrogen-bond acceptors (Lipinski definition) is 3. The first kappa shape index (κ1) is 13.0. The Kier molecular flexibility index (Phi) is 3.80. The van der Waals surface area contributed by atoms with Gasteiger partial charge in [-0.05, 0) is 25.3 Å². The zero-order valence-electron chi connectivity index (χ0n) is 11.3. The number of aliphatic imine (C=N–C) groups is 1. The Morgan fingerprint density at radius 3 is 3.00 bits per heavy atom. The van der Waals surface area contributed by atoms with E-state index in [1.54, 1.807) is 0 Å². The van der Waals surface area contributed by atoms with E-state index in [1.165, 1.54) is 11.1 Å². The van der Waals surface area contributed by atoms with Crippen molar-refractivity contribution >= 4 is 16.9 Å². The van der Waals surface area contributed by atoms with E-state index < -0.39 is 0 Å². The molecule has 2 fully saturated rings. The Bertz CT molecular complexity index is 481. The molecule has 2 aliphatic rings. The van der Waals surface area contributed by atoms with Crippen LogP contribution in [0.4, 0.5) is 0 Å². The standard InChI is InChI=1S/C15H20N2OS/c1-12-3-2-4-13(9-12)10-16-14-17-15(11-19-14)5-7-18-8-6-15/h2-4,9H,5-8,10-11H2,1H3,(H,16,17). The first-order chi connectivity index (χ1) is 9.26. The number of benzene rings is 1. The molecule has 3 nitrogen and oxygen atoms in total. The SMILES string of the molecule is Cc1cccc(CN=C2NC3(CCOCC3)CS2)c1. The molecule has 1 N–H and O–H groups in total. The number of rotatable bonds is 2. The van der Waals surface area contributed by atoms with Gasteiger partial charge in [-0.3, -0.25) is 4.99 Å². The van der Waals surface area contributed by atoms with Gasteiger partial charge in [-0.25, -0.2) is 0 Å². The number of nitrogens with one attached hydrogen (secondary N) is 1. The second kappa shape index (κ2) is 5.55. The van der Waals surface area contributed by atoms with Crippen LogP contribution in [0.15, 0.2) is 29.3 Å². The highest BCUT2D eigenvalue weighted by Gasteiger charge is 2.38. The topological polar surface area (TPSA) is 33.6 Å². The van der Waals surface area contributed by atoms with Gasteiger partial charge >= 0.3 is 0 Å². The summed E-state index contributed by atoms with van der Waals surface area (Å²) in [7, 11) is 0. The summed E-state index contributed by atoms with van der Waals surface area (Å²) in [5, 5.41) is 4.72. The lowest BCUT2D eigenvalue weighted by molar-refractivity contribution is 0.0555. The maximum Gasteiger partial charge on any atom is 0.157 e. The molecule has 102 valence electrons. The van der Waals surface area contributed by atoms with Crippen LogP contribution in [-0.2, 0) is 11.3 Å². The minimum Gasteiger partial charge on any atom is -0.381 e. The number of ether oxygens (including phenoxy) is 1. The molecule has 1 aromatic carbocycles. The number of aryl methyl sites for hydroxylation is 1. The molecule has 0 unspecified atom stereocenters. The van der Waals surface area contributed by atoms with E-state index in [4.69, 9.17) is 9.73 Å². The number of hydrogen-bond donors (Lipinski definition) is 1. The number of thioether (sulfide) groups is 1. The molecular formula is C15H20N2OS. The summed E-state index contributed by atoms with van der Waals surface area (Å²) < 4.78 is 5.44. The van der Waals surface area contributed by atoms with Crippen LogP contribution in [0.1, 0.15) is 24.0 Å². The van der Waals surface area contributed by atoms with Crippen molar-refractivity contribution in [1.29, 1.82) is 0 Å². The Labute approximate surface area is 118 Å². The van der Waals surface area contributed by atoms with Gasteiger partial charge in [-0.2, -0.15) is 0 Å². The van der Waals surface area contributed by atoms with Gasteiger partial charge in [0.25, 0.3) is 0 Å². The van der Waals surface area contributed by atoms with E-state index in [0.29, 0.717) is 0 Å². The molecule has 4 heteroatoms. The molecule has 1 aromatic rings. The zero-order chi connectivity index (χ0) is 13.1. The molecule has 0 aliphatic carbocycles. The zero-order valence-corrected chi connectivity index (χ0v) is 12.1. The third-order valence-corrected chi connectivity index (χ3v) is 5.00. The second-order valence-electron chi connectivity index (χ2n) is 5.42. The monoisotopic (exact) mass is 276 g/mol. The fraction of sp³-hybridized carbons (Fsp3) is 0.533. The Morgan fingerprint density at radius 1 is 1.37 bits per heavy atom. The predicted molar refractivity (Wildman–Crippen MR) is 80.7 cm³/mol. The smallest absolute Gasteiger partial charge is 0.157 e.